The zero-order chi connectivity index (χ0) is 14.8. The number of H-pyrrole nitrogens is 2. The first-order chi connectivity index (χ1) is 10.1. The van der Waals surface area contributed by atoms with Crippen molar-refractivity contribution < 1.29 is 4.39 Å². The normalized spacial score (nSPS) is 10.7. The molecule has 21 heavy (non-hydrogen) atoms. The van der Waals surface area contributed by atoms with Gasteiger partial charge in [0.1, 0.15) is 5.82 Å². The van der Waals surface area contributed by atoms with E-state index in [0.717, 1.165) is 11.3 Å². The Morgan fingerprint density at radius 2 is 1.76 bits per heavy atom. The number of nitrogens with one attached hydrogen (secondary N) is 3. The van der Waals surface area contributed by atoms with Gasteiger partial charge in [-0.05, 0) is 35.9 Å². The highest BCUT2D eigenvalue weighted by Crippen LogP contribution is 2.14. The summed E-state index contributed by atoms with van der Waals surface area (Å²) in [6, 6.07) is 11.3. The summed E-state index contributed by atoms with van der Waals surface area (Å²) < 4.78 is 12.8. The molecular weight excluding hydrogens is 273 g/mol. The van der Waals surface area contributed by atoms with E-state index in [0.29, 0.717) is 17.4 Å². The molecule has 2 aromatic carbocycles. The lowest BCUT2D eigenvalue weighted by Gasteiger charge is -2.07. The van der Waals surface area contributed by atoms with Crippen LogP contribution in [-0.4, -0.2) is 9.97 Å². The van der Waals surface area contributed by atoms with Crippen LogP contribution >= 0.6 is 0 Å². The van der Waals surface area contributed by atoms with Gasteiger partial charge in [-0.2, -0.15) is 0 Å². The lowest BCUT2D eigenvalue weighted by molar-refractivity contribution is 0.627. The van der Waals surface area contributed by atoms with E-state index in [1.165, 1.54) is 12.1 Å². The molecule has 0 radical (unpaired) electrons. The molecule has 3 rings (SSSR count). The van der Waals surface area contributed by atoms with Crippen LogP contribution in [0.2, 0.25) is 0 Å². The lowest BCUT2D eigenvalue weighted by atomic mass is 10.2. The summed E-state index contributed by atoms with van der Waals surface area (Å²) in [5, 5.41) is 3.55. The summed E-state index contributed by atoms with van der Waals surface area (Å²) in [4.78, 5) is 27.6. The second-order valence-electron chi connectivity index (χ2n) is 4.65. The summed E-state index contributed by atoms with van der Waals surface area (Å²) in [5.41, 5.74) is 1.19. The van der Waals surface area contributed by atoms with Gasteiger partial charge in [0.15, 0.2) is 0 Å². The van der Waals surface area contributed by atoms with Gasteiger partial charge < -0.3 is 10.3 Å². The Labute approximate surface area is 118 Å². The molecule has 0 fully saturated rings. The van der Waals surface area contributed by atoms with Crippen molar-refractivity contribution in [3.8, 4) is 0 Å². The molecule has 1 aromatic heterocycles. The molecule has 5 nitrogen and oxygen atoms in total. The van der Waals surface area contributed by atoms with Gasteiger partial charge >= 0.3 is 5.69 Å². The van der Waals surface area contributed by atoms with Crippen LogP contribution in [0.25, 0.3) is 10.9 Å². The van der Waals surface area contributed by atoms with E-state index in [9.17, 15) is 14.0 Å². The summed E-state index contributed by atoms with van der Waals surface area (Å²) in [5.74, 6) is -0.278. The van der Waals surface area contributed by atoms with Gasteiger partial charge in [0.25, 0.3) is 5.56 Å². The second-order valence-corrected chi connectivity index (χ2v) is 4.65. The molecule has 0 aliphatic heterocycles. The third-order valence-electron chi connectivity index (χ3n) is 3.15. The Balaban J connectivity index is 1.86. The molecule has 0 saturated heterocycles. The number of halogens is 1. The molecule has 0 aliphatic carbocycles. The summed E-state index contributed by atoms with van der Waals surface area (Å²) in [6.45, 7) is 0.507. The maximum atomic E-state index is 12.8. The van der Waals surface area contributed by atoms with Gasteiger partial charge in [-0.3, -0.25) is 9.78 Å². The smallest absolute Gasteiger partial charge is 0.326 e. The molecular formula is C15H12FN3O2. The zero-order valence-electron chi connectivity index (χ0n) is 10.9. The van der Waals surface area contributed by atoms with Crippen molar-refractivity contribution in [1.29, 1.82) is 0 Å². The first-order valence-corrected chi connectivity index (χ1v) is 6.36. The Morgan fingerprint density at radius 1 is 1.00 bits per heavy atom. The molecule has 1 heterocycles. The van der Waals surface area contributed by atoms with E-state index in [1.807, 2.05) is 0 Å². The van der Waals surface area contributed by atoms with Crippen LogP contribution in [0.3, 0.4) is 0 Å². The van der Waals surface area contributed by atoms with Crippen molar-refractivity contribution in [2.75, 3.05) is 5.32 Å². The SMILES string of the molecule is O=c1[nH]c(=O)c2cc(NCc3ccc(F)cc3)ccc2[nH]1. The maximum absolute atomic E-state index is 12.8. The summed E-state index contributed by atoms with van der Waals surface area (Å²) in [6.07, 6.45) is 0. The number of hydrogen-bond donors (Lipinski definition) is 3. The van der Waals surface area contributed by atoms with Crippen LogP contribution < -0.4 is 16.6 Å². The van der Waals surface area contributed by atoms with E-state index in [2.05, 4.69) is 15.3 Å². The molecule has 0 atom stereocenters. The van der Waals surface area contributed by atoms with Gasteiger partial charge in [0.05, 0.1) is 10.9 Å². The number of aromatic amines is 2. The van der Waals surface area contributed by atoms with Crippen molar-refractivity contribution in [2.24, 2.45) is 0 Å². The Kier molecular flexibility index (Phi) is 3.27. The summed E-state index contributed by atoms with van der Waals surface area (Å²) >= 11 is 0. The highest BCUT2D eigenvalue weighted by molar-refractivity contribution is 5.81. The average molecular weight is 285 g/mol. The Bertz CT molecular complexity index is 897. The molecule has 0 spiro atoms. The molecule has 0 bridgehead atoms. The van der Waals surface area contributed by atoms with Crippen molar-refractivity contribution in [1.82, 2.24) is 9.97 Å². The Hall–Kier alpha value is -2.89. The first-order valence-electron chi connectivity index (χ1n) is 6.36. The number of hydrogen-bond acceptors (Lipinski definition) is 3. The Morgan fingerprint density at radius 3 is 2.52 bits per heavy atom. The molecule has 0 aliphatic rings. The van der Waals surface area contributed by atoms with E-state index < -0.39 is 11.2 Å². The van der Waals surface area contributed by atoms with Crippen LogP contribution in [-0.2, 0) is 6.54 Å². The van der Waals surface area contributed by atoms with Crippen molar-refractivity contribution in [2.45, 2.75) is 6.54 Å². The molecule has 3 aromatic rings. The number of benzene rings is 2. The molecule has 3 N–H and O–H groups in total. The minimum Gasteiger partial charge on any atom is -0.381 e. The van der Waals surface area contributed by atoms with E-state index >= 15 is 0 Å². The molecule has 0 unspecified atom stereocenters. The quantitative estimate of drug-likeness (QED) is 0.688. The number of anilines is 1. The topological polar surface area (TPSA) is 77.8 Å². The summed E-state index contributed by atoms with van der Waals surface area (Å²) in [7, 11) is 0. The van der Waals surface area contributed by atoms with Crippen LogP contribution in [0.1, 0.15) is 5.56 Å². The van der Waals surface area contributed by atoms with E-state index in [-0.39, 0.29) is 5.82 Å². The minimum atomic E-state index is -0.528. The fourth-order valence-electron chi connectivity index (χ4n) is 2.08. The van der Waals surface area contributed by atoms with Crippen molar-refractivity contribution in [3.63, 3.8) is 0 Å². The van der Waals surface area contributed by atoms with Gasteiger partial charge in [-0.1, -0.05) is 12.1 Å². The van der Waals surface area contributed by atoms with Crippen LogP contribution in [0.15, 0.2) is 52.1 Å². The van der Waals surface area contributed by atoms with Gasteiger partial charge in [-0.25, -0.2) is 9.18 Å². The number of fused-ring (bicyclic) bond motifs is 1. The van der Waals surface area contributed by atoms with Gasteiger partial charge in [0.2, 0.25) is 0 Å². The third-order valence-corrected chi connectivity index (χ3v) is 3.15. The average Bonchev–Trinajstić information content (AvgIpc) is 2.47. The van der Waals surface area contributed by atoms with E-state index in [4.69, 9.17) is 0 Å². The molecule has 106 valence electrons. The minimum absolute atomic E-state index is 0.278. The van der Waals surface area contributed by atoms with Crippen LogP contribution in [0.5, 0.6) is 0 Å². The fraction of sp³-hybridized carbons (Fsp3) is 0.0667. The first kappa shape index (κ1) is 13.1. The highest BCUT2D eigenvalue weighted by atomic mass is 19.1. The standard InChI is InChI=1S/C15H12FN3O2/c16-10-3-1-9(2-4-10)8-17-11-5-6-13-12(7-11)14(20)19-15(21)18-13/h1-7,17H,8H2,(H2,18,19,20,21). The molecule has 0 saturated carbocycles. The van der Waals surface area contributed by atoms with E-state index in [1.54, 1.807) is 30.3 Å². The predicted molar refractivity (Wildman–Crippen MR) is 78.9 cm³/mol. The van der Waals surface area contributed by atoms with Crippen LogP contribution in [0.4, 0.5) is 10.1 Å². The molecule has 0 amide bonds. The monoisotopic (exact) mass is 285 g/mol. The fourth-order valence-corrected chi connectivity index (χ4v) is 2.08. The highest BCUT2D eigenvalue weighted by Gasteiger charge is 2.02. The van der Waals surface area contributed by atoms with Gasteiger partial charge in [-0.15, -0.1) is 0 Å². The second kappa shape index (κ2) is 5.24. The zero-order valence-corrected chi connectivity index (χ0v) is 10.9. The predicted octanol–water partition coefficient (Wildman–Crippen LogP) is 1.97. The largest absolute Gasteiger partial charge is 0.381 e. The number of rotatable bonds is 3. The third kappa shape index (κ3) is 2.84. The van der Waals surface area contributed by atoms with Crippen molar-refractivity contribution >= 4 is 16.6 Å². The van der Waals surface area contributed by atoms with Crippen LogP contribution in [0, 0.1) is 5.82 Å². The number of aromatic nitrogens is 2. The van der Waals surface area contributed by atoms with Gasteiger partial charge in [0, 0.05) is 12.2 Å². The molecule has 6 heteroatoms. The van der Waals surface area contributed by atoms with Crippen molar-refractivity contribution in [3.05, 3.63) is 74.7 Å². The lowest BCUT2D eigenvalue weighted by Crippen LogP contribution is -2.21. The maximum Gasteiger partial charge on any atom is 0.326 e.